The fraction of sp³-hybridized carbons (Fsp3) is 0.667. The van der Waals surface area contributed by atoms with E-state index in [4.69, 9.17) is 0 Å². The third-order valence-electron chi connectivity index (χ3n) is 6.51. The lowest BCUT2D eigenvalue weighted by molar-refractivity contribution is -0.140. The number of amides is 2. The summed E-state index contributed by atoms with van der Waals surface area (Å²) >= 11 is 0. The number of carbonyl (C=O) groups excluding carboxylic acids is 2. The van der Waals surface area contributed by atoms with Gasteiger partial charge in [-0.25, -0.2) is 0 Å². The van der Waals surface area contributed by atoms with Crippen LogP contribution in [0.4, 0.5) is 0 Å². The number of carbonyl (C=O) groups is 2. The van der Waals surface area contributed by atoms with E-state index in [2.05, 4.69) is 44.7 Å². The highest BCUT2D eigenvalue weighted by Gasteiger charge is 2.33. The van der Waals surface area contributed by atoms with Gasteiger partial charge < -0.3 is 9.80 Å². The molecule has 1 atom stereocenters. The van der Waals surface area contributed by atoms with Gasteiger partial charge in [-0.1, -0.05) is 39.8 Å². The van der Waals surface area contributed by atoms with Crippen LogP contribution in [0.1, 0.15) is 82.1 Å². The van der Waals surface area contributed by atoms with Crippen LogP contribution < -0.4 is 0 Å². The van der Waals surface area contributed by atoms with Crippen LogP contribution >= 0.6 is 0 Å². The van der Waals surface area contributed by atoms with Crippen molar-refractivity contribution in [3.8, 4) is 0 Å². The molecule has 0 bridgehead atoms. The summed E-state index contributed by atoms with van der Waals surface area (Å²) in [5, 5.41) is 0. The summed E-state index contributed by atoms with van der Waals surface area (Å²) in [5.74, 6) is 0.503. The van der Waals surface area contributed by atoms with Crippen LogP contribution in [0.25, 0.3) is 0 Å². The molecule has 1 aromatic carbocycles. The lowest BCUT2D eigenvalue weighted by atomic mass is 9.86. The molecule has 0 radical (unpaired) electrons. The minimum Gasteiger partial charge on any atom is -0.339 e. The Labute approximate surface area is 170 Å². The van der Waals surface area contributed by atoms with Crippen molar-refractivity contribution in [1.82, 2.24) is 9.80 Å². The normalized spacial score (nSPS) is 21.6. The molecule has 154 valence electrons. The van der Waals surface area contributed by atoms with E-state index in [0.29, 0.717) is 25.0 Å². The average Bonchev–Trinajstić information content (AvgIpc) is 2.72. The molecule has 2 aliphatic rings. The quantitative estimate of drug-likeness (QED) is 0.762. The molecule has 28 heavy (non-hydrogen) atoms. The van der Waals surface area contributed by atoms with Gasteiger partial charge in [0.15, 0.2) is 0 Å². The standard InChI is InChI=1S/C24H36N2O2/c1-5-21-8-6-7-15-26(21)23(28)19-13-16-25(17-14-19)22(27)18-9-11-20(12-10-18)24(2,3)4/h9-12,19,21H,5-8,13-17H2,1-4H3. The molecule has 2 saturated heterocycles. The largest absolute Gasteiger partial charge is 0.339 e. The lowest BCUT2D eigenvalue weighted by Crippen LogP contribution is -2.49. The Morgan fingerprint density at radius 1 is 0.964 bits per heavy atom. The van der Waals surface area contributed by atoms with Crippen LogP contribution in [0.15, 0.2) is 24.3 Å². The Morgan fingerprint density at radius 2 is 1.61 bits per heavy atom. The van der Waals surface area contributed by atoms with E-state index in [0.717, 1.165) is 44.2 Å². The zero-order valence-electron chi connectivity index (χ0n) is 18.0. The first-order chi connectivity index (χ1) is 13.3. The smallest absolute Gasteiger partial charge is 0.253 e. The molecular formula is C24H36N2O2. The van der Waals surface area contributed by atoms with Gasteiger partial charge in [0.2, 0.25) is 5.91 Å². The molecule has 1 aromatic rings. The Kier molecular flexibility index (Phi) is 6.47. The van der Waals surface area contributed by atoms with Crippen LogP contribution in [0.2, 0.25) is 0 Å². The molecule has 0 aliphatic carbocycles. The first kappa shape index (κ1) is 20.9. The third-order valence-corrected chi connectivity index (χ3v) is 6.51. The zero-order chi connectivity index (χ0) is 20.3. The number of piperidine rings is 2. The van der Waals surface area contributed by atoms with E-state index in [-0.39, 0.29) is 17.2 Å². The van der Waals surface area contributed by atoms with Crippen molar-refractivity contribution in [2.75, 3.05) is 19.6 Å². The third kappa shape index (κ3) is 4.59. The maximum absolute atomic E-state index is 13.0. The van der Waals surface area contributed by atoms with Gasteiger partial charge in [-0.15, -0.1) is 0 Å². The second kappa shape index (κ2) is 8.67. The van der Waals surface area contributed by atoms with E-state index in [1.165, 1.54) is 12.0 Å². The van der Waals surface area contributed by atoms with Crippen LogP contribution in [0, 0.1) is 5.92 Å². The molecule has 3 rings (SSSR count). The highest BCUT2D eigenvalue weighted by molar-refractivity contribution is 5.94. The molecule has 0 aromatic heterocycles. The molecule has 2 amide bonds. The summed E-state index contributed by atoms with van der Waals surface area (Å²) in [5.41, 5.74) is 2.07. The molecule has 4 heteroatoms. The van der Waals surface area contributed by atoms with Crippen molar-refractivity contribution in [2.24, 2.45) is 5.92 Å². The average molecular weight is 385 g/mol. The molecule has 2 aliphatic heterocycles. The molecule has 2 heterocycles. The second-order valence-electron chi connectivity index (χ2n) is 9.48. The topological polar surface area (TPSA) is 40.6 Å². The van der Waals surface area contributed by atoms with Crippen molar-refractivity contribution in [2.45, 2.75) is 77.7 Å². The van der Waals surface area contributed by atoms with Gasteiger partial charge in [-0.05, 0) is 61.6 Å². The van der Waals surface area contributed by atoms with E-state index in [9.17, 15) is 9.59 Å². The number of benzene rings is 1. The minimum absolute atomic E-state index is 0.0828. The second-order valence-corrected chi connectivity index (χ2v) is 9.48. The van der Waals surface area contributed by atoms with E-state index < -0.39 is 0 Å². The fourth-order valence-electron chi connectivity index (χ4n) is 4.57. The van der Waals surface area contributed by atoms with Crippen molar-refractivity contribution in [3.05, 3.63) is 35.4 Å². The molecule has 2 fully saturated rings. The van der Waals surface area contributed by atoms with Gasteiger partial charge in [0, 0.05) is 37.2 Å². The highest BCUT2D eigenvalue weighted by atomic mass is 16.2. The zero-order valence-corrected chi connectivity index (χ0v) is 18.0. The molecule has 4 nitrogen and oxygen atoms in total. The monoisotopic (exact) mass is 384 g/mol. The van der Waals surface area contributed by atoms with Crippen molar-refractivity contribution < 1.29 is 9.59 Å². The predicted molar refractivity (Wildman–Crippen MR) is 113 cm³/mol. The first-order valence-electron chi connectivity index (χ1n) is 11.0. The SMILES string of the molecule is CCC1CCCCN1C(=O)C1CCN(C(=O)c2ccc(C(C)(C)C)cc2)CC1. The number of hydrogen-bond donors (Lipinski definition) is 0. The highest BCUT2D eigenvalue weighted by Crippen LogP contribution is 2.27. The van der Waals surface area contributed by atoms with Gasteiger partial charge in [-0.3, -0.25) is 9.59 Å². The summed E-state index contributed by atoms with van der Waals surface area (Å²) in [6.45, 7) is 11.0. The van der Waals surface area contributed by atoms with Gasteiger partial charge in [0.1, 0.15) is 0 Å². The van der Waals surface area contributed by atoms with E-state index in [1.807, 2.05) is 17.0 Å². The van der Waals surface area contributed by atoms with Gasteiger partial charge >= 0.3 is 0 Å². The Hall–Kier alpha value is -1.84. The van der Waals surface area contributed by atoms with Gasteiger partial charge in [0.05, 0.1) is 0 Å². The van der Waals surface area contributed by atoms with Crippen LogP contribution in [0.3, 0.4) is 0 Å². The molecule has 0 N–H and O–H groups in total. The Balaban J connectivity index is 1.57. The molecular weight excluding hydrogens is 348 g/mol. The van der Waals surface area contributed by atoms with Gasteiger partial charge in [0.25, 0.3) is 5.91 Å². The number of rotatable bonds is 3. The first-order valence-corrected chi connectivity index (χ1v) is 11.0. The summed E-state index contributed by atoms with van der Waals surface area (Å²) in [4.78, 5) is 29.9. The number of nitrogens with zero attached hydrogens (tertiary/aromatic N) is 2. The summed E-state index contributed by atoms with van der Waals surface area (Å²) in [6.07, 6.45) is 6.14. The maximum Gasteiger partial charge on any atom is 0.253 e. The molecule has 1 unspecified atom stereocenters. The molecule has 0 spiro atoms. The van der Waals surface area contributed by atoms with Crippen molar-refractivity contribution >= 4 is 11.8 Å². The number of hydrogen-bond acceptors (Lipinski definition) is 2. The minimum atomic E-state index is 0.0828. The van der Waals surface area contributed by atoms with Crippen molar-refractivity contribution in [3.63, 3.8) is 0 Å². The Bertz CT molecular complexity index is 682. The lowest BCUT2D eigenvalue weighted by Gasteiger charge is -2.39. The van der Waals surface area contributed by atoms with Crippen LogP contribution in [-0.4, -0.2) is 47.3 Å². The fourth-order valence-corrected chi connectivity index (χ4v) is 4.57. The van der Waals surface area contributed by atoms with Gasteiger partial charge in [-0.2, -0.15) is 0 Å². The van der Waals surface area contributed by atoms with Crippen molar-refractivity contribution in [1.29, 1.82) is 0 Å². The maximum atomic E-state index is 13.0. The van der Waals surface area contributed by atoms with E-state index >= 15 is 0 Å². The van der Waals surface area contributed by atoms with Crippen LogP contribution in [0.5, 0.6) is 0 Å². The summed E-state index contributed by atoms with van der Waals surface area (Å²) in [7, 11) is 0. The van der Waals surface area contributed by atoms with E-state index in [1.54, 1.807) is 0 Å². The molecule has 0 saturated carbocycles. The Morgan fingerprint density at radius 3 is 2.18 bits per heavy atom. The summed E-state index contributed by atoms with van der Waals surface area (Å²) < 4.78 is 0. The summed E-state index contributed by atoms with van der Waals surface area (Å²) in [6, 6.07) is 8.43. The predicted octanol–water partition coefficient (Wildman–Crippen LogP) is 4.63. The van der Waals surface area contributed by atoms with Crippen LogP contribution in [-0.2, 0) is 10.2 Å². The number of likely N-dealkylation sites (tertiary alicyclic amines) is 2.